The highest BCUT2D eigenvalue weighted by Crippen LogP contribution is 2.54. The first-order valence-corrected chi connectivity index (χ1v) is 24.2. The molecule has 0 aliphatic carbocycles. The van der Waals surface area contributed by atoms with Gasteiger partial charge in [-0.25, -0.2) is 8.62 Å². The summed E-state index contributed by atoms with van der Waals surface area (Å²) in [6.07, 6.45) is 5.31. The van der Waals surface area contributed by atoms with Gasteiger partial charge in [-0.15, -0.1) is 0 Å². The highest BCUT2D eigenvalue weighted by molar-refractivity contribution is 7.53. The molecule has 0 saturated heterocycles. The lowest BCUT2D eigenvalue weighted by Crippen LogP contribution is -2.55. The van der Waals surface area contributed by atoms with Crippen molar-refractivity contribution < 1.29 is 88.6 Å². The van der Waals surface area contributed by atoms with Crippen LogP contribution in [0.25, 0.3) is 0 Å². The van der Waals surface area contributed by atoms with E-state index in [4.69, 9.17) is 59.6 Å². The maximum absolute atomic E-state index is 12.6. The Morgan fingerprint density at radius 3 is 1.20 bits per heavy atom. The van der Waals surface area contributed by atoms with Gasteiger partial charge in [-0.1, -0.05) is 135 Å². The van der Waals surface area contributed by atoms with Gasteiger partial charge in [0.2, 0.25) is 0 Å². The highest BCUT2D eigenvalue weighted by atomic mass is 31.2. The van der Waals surface area contributed by atoms with E-state index in [1.165, 1.54) is 12.8 Å². The Hall–Kier alpha value is -0.560. The lowest BCUT2D eigenvalue weighted by atomic mass is 9.60. The maximum atomic E-state index is 12.6. The first-order chi connectivity index (χ1) is 28.2. The molecule has 2 aromatic rings. The van der Waals surface area contributed by atoms with Crippen molar-refractivity contribution in [3.63, 3.8) is 0 Å². The van der Waals surface area contributed by atoms with Crippen molar-refractivity contribution in [2.24, 2.45) is 10.8 Å². The molecule has 0 radical (unpaired) electrons. The number of aliphatic hydroxyl groups is 8. The molecule has 0 fully saturated rings. The summed E-state index contributed by atoms with van der Waals surface area (Å²) >= 11 is 0. The Bertz CT molecular complexity index is 1340. The van der Waals surface area contributed by atoms with Gasteiger partial charge in [-0.3, -0.25) is 0 Å². The molecule has 0 saturated carbocycles. The molecule has 22 heteroatoms. The van der Waals surface area contributed by atoms with Crippen LogP contribution in [0.4, 0.5) is 0 Å². The third-order valence-electron chi connectivity index (χ3n) is 9.90. The number of aliphatic hydroxyl groups excluding tert-OH is 7. The highest BCUT2D eigenvalue weighted by Gasteiger charge is 2.56. The molecule has 0 aliphatic heterocycles. The number of hydrogen-bond donors (Lipinski definition) is 16. The number of rotatable bonds is 21. The van der Waals surface area contributed by atoms with Crippen molar-refractivity contribution in [2.45, 2.75) is 123 Å². The standard InChI is InChI=1S/C34H54O4.C5H12O4.2H4O5P2/c1-9-10-11-12-13-17-20-34(38,26-18-15-14-16-19-26)33(23-35,24-36)30(37)29-27(31(3,4)5)21-25(2)22-28(29)32(6,7)8;6-1-5(2-7,3-8)4-9;2*1-6(2)5-7(3)4/h14-16,18-19,21-22,30,35-38H,9-13,17,20,23-24H2,1-8H3;6-9H,1-4H2;2*1-4H. The fourth-order valence-corrected chi connectivity index (χ4v) is 7.35. The van der Waals surface area contributed by atoms with Crippen LogP contribution in [0.5, 0.6) is 0 Å². The Kier molecular flexibility index (Phi) is 31.4. The zero-order valence-corrected chi connectivity index (χ0v) is 40.1. The van der Waals surface area contributed by atoms with Crippen molar-refractivity contribution in [1.82, 2.24) is 0 Å². The van der Waals surface area contributed by atoms with Crippen LogP contribution >= 0.6 is 34.4 Å². The lowest BCUT2D eigenvalue weighted by molar-refractivity contribution is -0.197. The van der Waals surface area contributed by atoms with Crippen LogP contribution in [0.3, 0.4) is 0 Å². The van der Waals surface area contributed by atoms with Gasteiger partial charge >= 0.3 is 34.4 Å². The van der Waals surface area contributed by atoms with Crippen LogP contribution in [0, 0.1) is 17.8 Å². The van der Waals surface area contributed by atoms with Crippen LogP contribution < -0.4 is 0 Å². The van der Waals surface area contributed by atoms with Gasteiger partial charge in [-0.05, 0) is 46.4 Å². The maximum Gasteiger partial charge on any atom is 0.334 e. The quantitative estimate of drug-likeness (QED) is 0.0620. The average Bonchev–Trinajstić information content (AvgIpc) is 3.17. The number of benzene rings is 2. The zero-order chi connectivity index (χ0) is 47.8. The molecule has 2 atom stereocenters. The molecule has 0 spiro atoms. The molecule has 0 aliphatic rings. The van der Waals surface area contributed by atoms with E-state index in [9.17, 15) is 20.4 Å². The summed E-state index contributed by atoms with van der Waals surface area (Å²) in [6.45, 7) is 14.2. The Labute approximate surface area is 365 Å². The lowest BCUT2D eigenvalue weighted by Gasteiger charge is -2.50. The average molecular weight is 955 g/mol. The molecule has 0 bridgehead atoms. The predicted molar refractivity (Wildman–Crippen MR) is 237 cm³/mol. The van der Waals surface area contributed by atoms with Gasteiger partial charge in [-0.2, -0.15) is 0 Å². The summed E-state index contributed by atoms with van der Waals surface area (Å²) in [7, 11) is -10.4. The van der Waals surface area contributed by atoms with E-state index in [1.807, 2.05) is 30.3 Å². The Morgan fingerprint density at radius 1 is 0.557 bits per heavy atom. The third-order valence-corrected chi connectivity index (χ3v) is 12.2. The molecule has 0 heterocycles. The van der Waals surface area contributed by atoms with Crippen LogP contribution in [-0.4, -0.2) is 120 Å². The summed E-state index contributed by atoms with van der Waals surface area (Å²) in [5.41, 5.74) is -0.628. The Morgan fingerprint density at radius 2 is 0.918 bits per heavy atom. The second-order valence-corrected chi connectivity index (χ2v) is 20.0. The Balaban J connectivity index is 0. The first kappa shape index (κ1) is 62.5. The number of aryl methyl sites for hydroxylation is 1. The normalized spacial score (nSPS) is 13.9. The summed E-state index contributed by atoms with van der Waals surface area (Å²) in [6, 6.07) is 13.5. The van der Waals surface area contributed by atoms with E-state index in [2.05, 4.69) is 76.1 Å². The van der Waals surface area contributed by atoms with Gasteiger partial charge in [0.15, 0.2) is 0 Å². The summed E-state index contributed by atoms with van der Waals surface area (Å²) < 4.78 is 7.20. The van der Waals surface area contributed by atoms with Crippen molar-refractivity contribution in [2.75, 3.05) is 39.6 Å². The van der Waals surface area contributed by atoms with Gasteiger partial charge < -0.3 is 80.0 Å². The van der Waals surface area contributed by atoms with E-state index in [-0.39, 0.29) is 10.8 Å². The van der Waals surface area contributed by atoms with Crippen LogP contribution in [0.15, 0.2) is 42.5 Å². The first-order valence-electron chi connectivity index (χ1n) is 19.5. The monoisotopic (exact) mass is 954 g/mol. The smallest absolute Gasteiger partial charge is 0.334 e. The van der Waals surface area contributed by atoms with E-state index < -0.39 is 96.6 Å². The SMILES string of the molecule is CCCCCCCCC(O)(c1ccccc1)C(CO)(CO)C(O)c1c(C(C)(C)C)cc(C)cc1C(C)(C)C.OCC(CO)(CO)CO.OP(O)OP(O)O.OP(O)OP(O)O. The van der Waals surface area contributed by atoms with Gasteiger partial charge in [0.25, 0.3) is 0 Å². The molecule has 18 nitrogen and oxygen atoms in total. The van der Waals surface area contributed by atoms with Crippen LogP contribution in [0.2, 0.25) is 0 Å². The fraction of sp³-hybridized carbons (Fsp3) is 0.692. The second-order valence-electron chi connectivity index (χ2n) is 16.7. The largest absolute Gasteiger partial charge is 0.396 e. The van der Waals surface area contributed by atoms with Crippen molar-refractivity contribution in [1.29, 1.82) is 0 Å². The second kappa shape index (κ2) is 30.6. The number of hydrogen-bond acceptors (Lipinski definition) is 18. The van der Waals surface area contributed by atoms with Crippen molar-refractivity contribution in [3.05, 3.63) is 70.3 Å². The molecular formula is C39H74O18P4. The molecule has 358 valence electrons. The van der Waals surface area contributed by atoms with Gasteiger partial charge in [0.05, 0.1) is 56.6 Å². The summed E-state index contributed by atoms with van der Waals surface area (Å²) in [4.78, 5) is 62.5. The van der Waals surface area contributed by atoms with Crippen LogP contribution in [-0.2, 0) is 25.1 Å². The molecular weight excluding hydrogens is 880 g/mol. The minimum Gasteiger partial charge on any atom is -0.396 e. The minimum atomic E-state index is -2.61. The molecule has 61 heavy (non-hydrogen) atoms. The summed E-state index contributed by atoms with van der Waals surface area (Å²) in [5.74, 6) is 0. The predicted octanol–water partition coefficient (Wildman–Crippen LogP) is 4.03. The molecule has 16 N–H and O–H groups in total. The minimum absolute atomic E-state index is 0.302. The molecule has 2 aromatic carbocycles. The third kappa shape index (κ3) is 21.5. The van der Waals surface area contributed by atoms with E-state index in [1.54, 1.807) is 0 Å². The fourth-order valence-electron chi connectivity index (χ4n) is 6.31. The van der Waals surface area contributed by atoms with Crippen molar-refractivity contribution in [3.8, 4) is 0 Å². The van der Waals surface area contributed by atoms with Crippen LogP contribution in [0.1, 0.15) is 127 Å². The van der Waals surface area contributed by atoms with E-state index >= 15 is 0 Å². The molecule has 0 amide bonds. The molecule has 2 unspecified atom stereocenters. The molecule has 0 aromatic heterocycles. The topological polar surface area (TPSA) is 342 Å². The van der Waals surface area contributed by atoms with E-state index in [0.29, 0.717) is 17.5 Å². The van der Waals surface area contributed by atoms with Crippen molar-refractivity contribution >= 4 is 34.4 Å². The number of unbranched alkanes of at least 4 members (excludes halogenated alkanes) is 5. The van der Waals surface area contributed by atoms with Gasteiger partial charge in [0.1, 0.15) is 5.60 Å². The molecule has 2 rings (SSSR count). The summed E-state index contributed by atoms with van der Waals surface area (Å²) in [5, 5.41) is 81.1. The zero-order valence-electron chi connectivity index (χ0n) is 36.6. The van der Waals surface area contributed by atoms with E-state index in [0.717, 1.165) is 42.4 Å². The van der Waals surface area contributed by atoms with Gasteiger partial charge in [0, 0.05) is 0 Å².